The quantitative estimate of drug-likeness (QED) is 0.736. The maximum Gasteiger partial charge on any atom is 0.350 e. The van der Waals surface area contributed by atoms with Gasteiger partial charge < -0.3 is 15.0 Å². The number of piperazine rings is 1. The number of nitrogens with one attached hydrogen (secondary N) is 1. The number of ether oxygens (including phenoxy) is 1. The lowest BCUT2D eigenvalue weighted by molar-refractivity contribution is 0.226. The molecule has 1 aromatic heterocycles. The first-order chi connectivity index (χ1) is 14.2. The fraction of sp³-hybridized carbons (Fsp3) is 0.364. The Balaban J connectivity index is 1.29. The minimum atomic E-state index is -0.163. The summed E-state index contributed by atoms with van der Waals surface area (Å²) in [7, 11) is 1.70. The van der Waals surface area contributed by atoms with Crippen LogP contribution in [0.4, 0.5) is 11.5 Å². The third-order valence-corrected chi connectivity index (χ3v) is 5.95. The Morgan fingerprint density at radius 1 is 1.10 bits per heavy atom. The number of fused-ring (bicyclic) bond motifs is 3. The van der Waals surface area contributed by atoms with Crippen molar-refractivity contribution in [2.75, 3.05) is 56.6 Å². The van der Waals surface area contributed by atoms with Crippen molar-refractivity contribution in [2.24, 2.45) is 0 Å². The smallest absolute Gasteiger partial charge is 0.350 e. The summed E-state index contributed by atoms with van der Waals surface area (Å²) >= 11 is 0. The maximum absolute atomic E-state index is 12.6. The number of hydrogen-bond donors (Lipinski definition) is 1. The predicted molar refractivity (Wildman–Crippen MR) is 115 cm³/mol. The van der Waals surface area contributed by atoms with Crippen molar-refractivity contribution in [3.63, 3.8) is 0 Å². The third kappa shape index (κ3) is 3.31. The summed E-state index contributed by atoms with van der Waals surface area (Å²) in [5.74, 6) is 1.79. The molecule has 5 rings (SSSR count). The Morgan fingerprint density at radius 3 is 2.76 bits per heavy atom. The molecular weight excluding hydrogens is 366 g/mol. The summed E-state index contributed by atoms with van der Waals surface area (Å²) in [6, 6.07) is 16.2. The van der Waals surface area contributed by atoms with Crippen molar-refractivity contribution >= 4 is 22.4 Å². The summed E-state index contributed by atoms with van der Waals surface area (Å²) in [5.41, 5.74) is 1.79. The Hall–Kier alpha value is -3.06. The molecule has 0 saturated carbocycles. The SMILES string of the molecule is COc1cccc(N2CCN(CC3CNc4c5ccccc5nc(=O)n43)CC2)c1. The highest BCUT2D eigenvalue weighted by Gasteiger charge is 2.28. The molecule has 0 amide bonds. The van der Waals surface area contributed by atoms with Gasteiger partial charge in [-0.2, -0.15) is 4.98 Å². The average molecular weight is 391 g/mol. The van der Waals surface area contributed by atoms with Crippen molar-refractivity contribution in [1.29, 1.82) is 0 Å². The van der Waals surface area contributed by atoms with E-state index in [1.165, 1.54) is 5.69 Å². The van der Waals surface area contributed by atoms with Gasteiger partial charge in [-0.1, -0.05) is 18.2 Å². The standard InChI is InChI=1S/C22H25N5O2/c1-29-18-6-4-5-16(13-18)26-11-9-25(10-12-26)15-17-14-23-21-19-7-2-3-8-20(19)24-22(28)27(17)21/h2-8,13,17,23H,9-12,14-15H2,1H3. The van der Waals surface area contributed by atoms with Gasteiger partial charge in [0.05, 0.1) is 18.7 Å². The van der Waals surface area contributed by atoms with Crippen LogP contribution in [0.1, 0.15) is 6.04 Å². The van der Waals surface area contributed by atoms with E-state index in [9.17, 15) is 4.79 Å². The molecule has 1 atom stereocenters. The summed E-state index contributed by atoms with van der Waals surface area (Å²) in [6.45, 7) is 5.49. The topological polar surface area (TPSA) is 62.6 Å². The highest BCUT2D eigenvalue weighted by Crippen LogP contribution is 2.29. The van der Waals surface area contributed by atoms with E-state index in [-0.39, 0.29) is 11.7 Å². The normalized spacial score (nSPS) is 19.2. The molecule has 1 N–H and O–H groups in total. The molecule has 0 bridgehead atoms. The zero-order valence-corrected chi connectivity index (χ0v) is 16.5. The van der Waals surface area contributed by atoms with Crippen LogP contribution in [0, 0.1) is 0 Å². The van der Waals surface area contributed by atoms with Gasteiger partial charge in [0.15, 0.2) is 0 Å². The van der Waals surface area contributed by atoms with Crippen molar-refractivity contribution in [3.8, 4) is 5.75 Å². The van der Waals surface area contributed by atoms with Crippen LogP contribution < -0.4 is 20.6 Å². The Bertz CT molecular complexity index is 1090. The van der Waals surface area contributed by atoms with Crippen LogP contribution in [0.5, 0.6) is 5.75 Å². The summed E-state index contributed by atoms with van der Waals surface area (Å²) in [4.78, 5) is 21.8. The van der Waals surface area contributed by atoms with Gasteiger partial charge in [0.25, 0.3) is 0 Å². The monoisotopic (exact) mass is 391 g/mol. The van der Waals surface area contributed by atoms with Crippen LogP contribution in [-0.4, -0.2) is 60.8 Å². The van der Waals surface area contributed by atoms with Gasteiger partial charge in [-0.25, -0.2) is 4.79 Å². The number of nitrogens with zero attached hydrogens (tertiary/aromatic N) is 4. The molecule has 1 unspecified atom stereocenters. The van der Waals surface area contributed by atoms with E-state index in [1.807, 2.05) is 41.0 Å². The molecule has 150 valence electrons. The molecule has 2 aliphatic heterocycles. The zero-order chi connectivity index (χ0) is 19.8. The number of para-hydroxylation sites is 1. The first kappa shape index (κ1) is 18.0. The molecule has 7 nitrogen and oxygen atoms in total. The molecule has 1 saturated heterocycles. The summed E-state index contributed by atoms with van der Waals surface area (Å²) < 4.78 is 7.19. The van der Waals surface area contributed by atoms with Gasteiger partial charge in [0.2, 0.25) is 0 Å². The largest absolute Gasteiger partial charge is 0.497 e. The van der Waals surface area contributed by atoms with Crippen LogP contribution >= 0.6 is 0 Å². The zero-order valence-electron chi connectivity index (χ0n) is 16.5. The summed E-state index contributed by atoms with van der Waals surface area (Å²) in [5, 5.41) is 4.45. The predicted octanol–water partition coefficient (Wildman–Crippen LogP) is 2.19. The third-order valence-electron chi connectivity index (χ3n) is 5.95. The molecule has 2 aromatic carbocycles. The lowest BCUT2D eigenvalue weighted by atomic mass is 10.2. The van der Waals surface area contributed by atoms with Gasteiger partial charge >= 0.3 is 5.69 Å². The van der Waals surface area contributed by atoms with Gasteiger partial charge in [0, 0.05) is 56.4 Å². The molecule has 2 aliphatic rings. The molecule has 3 aromatic rings. The highest BCUT2D eigenvalue weighted by atomic mass is 16.5. The number of rotatable bonds is 4. The molecular formula is C22H25N5O2. The first-order valence-electron chi connectivity index (χ1n) is 10.1. The number of methoxy groups -OCH3 is 1. The minimum Gasteiger partial charge on any atom is -0.497 e. The first-order valence-corrected chi connectivity index (χ1v) is 10.1. The molecule has 0 aliphatic carbocycles. The number of aromatic nitrogens is 2. The molecule has 3 heterocycles. The van der Waals surface area contributed by atoms with E-state index in [4.69, 9.17) is 4.74 Å². The minimum absolute atomic E-state index is 0.109. The van der Waals surface area contributed by atoms with Crippen LogP contribution in [0.25, 0.3) is 10.9 Å². The van der Waals surface area contributed by atoms with E-state index in [0.29, 0.717) is 0 Å². The molecule has 7 heteroatoms. The van der Waals surface area contributed by atoms with Crippen molar-refractivity contribution < 1.29 is 4.74 Å². The second-order valence-electron chi connectivity index (χ2n) is 7.65. The second-order valence-corrected chi connectivity index (χ2v) is 7.65. The molecule has 0 radical (unpaired) electrons. The van der Waals surface area contributed by atoms with Crippen LogP contribution in [0.2, 0.25) is 0 Å². The number of hydrogen-bond acceptors (Lipinski definition) is 6. The lowest BCUT2D eigenvalue weighted by Gasteiger charge is -2.37. The lowest BCUT2D eigenvalue weighted by Crippen LogP contribution is -2.48. The van der Waals surface area contributed by atoms with E-state index in [2.05, 4.69) is 32.2 Å². The summed E-state index contributed by atoms with van der Waals surface area (Å²) in [6.07, 6.45) is 0. The van der Waals surface area contributed by atoms with Crippen molar-refractivity contribution in [3.05, 3.63) is 59.0 Å². The van der Waals surface area contributed by atoms with Crippen molar-refractivity contribution in [2.45, 2.75) is 6.04 Å². The van der Waals surface area contributed by atoms with Gasteiger partial charge in [0.1, 0.15) is 11.6 Å². The van der Waals surface area contributed by atoms with Gasteiger partial charge in [-0.15, -0.1) is 0 Å². The van der Waals surface area contributed by atoms with E-state index < -0.39 is 0 Å². The Labute approximate surface area is 169 Å². The van der Waals surface area contributed by atoms with Gasteiger partial charge in [-0.3, -0.25) is 9.47 Å². The van der Waals surface area contributed by atoms with Crippen LogP contribution in [-0.2, 0) is 0 Å². The van der Waals surface area contributed by atoms with E-state index in [1.54, 1.807) is 7.11 Å². The van der Waals surface area contributed by atoms with Gasteiger partial charge in [-0.05, 0) is 24.3 Å². The highest BCUT2D eigenvalue weighted by molar-refractivity contribution is 5.89. The van der Waals surface area contributed by atoms with Crippen LogP contribution in [0.3, 0.4) is 0 Å². The molecule has 1 fully saturated rings. The molecule has 0 spiro atoms. The molecule has 29 heavy (non-hydrogen) atoms. The van der Waals surface area contributed by atoms with Crippen LogP contribution in [0.15, 0.2) is 53.3 Å². The van der Waals surface area contributed by atoms with E-state index in [0.717, 1.165) is 61.7 Å². The fourth-order valence-corrected chi connectivity index (χ4v) is 4.42. The Morgan fingerprint density at radius 2 is 1.93 bits per heavy atom. The van der Waals surface area contributed by atoms with Crippen molar-refractivity contribution in [1.82, 2.24) is 14.5 Å². The average Bonchev–Trinajstić information content (AvgIpc) is 3.19. The second kappa shape index (κ2) is 7.40. The van der Waals surface area contributed by atoms with E-state index >= 15 is 0 Å². The maximum atomic E-state index is 12.6. The Kier molecular flexibility index (Phi) is 4.60. The number of benzene rings is 2. The fourth-order valence-electron chi connectivity index (χ4n) is 4.42. The number of anilines is 2.